The summed E-state index contributed by atoms with van der Waals surface area (Å²) in [5.74, 6) is -1.52. The number of halogens is 2. The van der Waals surface area contributed by atoms with Crippen molar-refractivity contribution < 1.29 is 18.8 Å². The maximum Gasteiger partial charge on any atom is 0.240 e. The van der Waals surface area contributed by atoms with E-state index in [1.807, 2.05) is 20.8 Å². The molecule has 160 valence electrons. The van der Waals surface area contributed by atoms with E-state index in [2.05, 4.69) is 15.6 Å². The highest BCUT2D eigenvalue weighted by atomic mass is 35.5. The van der Waals surface area contributed by atoms with Gasteiger partial charge in [-0.15, -0.1) is 0 Å². The van der Waals surface area contributed by atoms with Crippen LogP contribution in [0.1, 0.15) is 33.6 Å². The maximum atomic E-state index is 13.5. The molecule has 0 aliphatic rings. The van der Waals surface area contributed by atoms with Gasteiger partial charge in [0.05, 0.1) is 5.02 Å². The molecule has 9 heteroatoms. The Labute approximate surface area is 179 Å². The summed E-state index contributed by atoms with van der Waals surface area (Å²) in [5.41, 5.74) is -0.227. The Morgan fingerprint density at radius 3 is 2.43 bits per heavy atom. The minimum atomic E-state index is -0.637. The fraction of sp³-hybridized carbons (Fsp3) is 0.333. The number of amides is 3. The lowest BCUT2D eigenvalue weighted by atomic mass is 10.1. The number of anilines is 2. The smallest absolute Gasteiger partial charge is 0.240 e. The third-order valence-electron chi connectivity index (χ3n) is 3.83. The summed E-state index contributed by atoms with van der Waals surface area (Å²) in [7, 11) is 0. The Hall–Kier alpha value is -3.00. The first-order valence-corrected chi connectivity index (χ1v) is 9.70. The molecule has 0 radical (unpaired) electrons. The van der Waals surface area contributed by atoms with Gasteiger partial charge in [-0.05, 0) is 51.1 Å². The van der Waals surface area contributed by atoms with Gasteiger partial charge in [-0.2, -0.15) is 0 Å². The molecule has 0 saturated carbocycles. The Morgan fingerprint density at radius 2 is 1.83 bits per heavy atom. The quantitative estimate of drug-likeness (QED) is 0.697. The van der Waals surface area contributed by atoms with Crippen molar-refractivity contribution in [3.05, 3.63) is 53.4 Å². The molecule has 0 aliphatic carbocycles. The molecule has 2 rings (SSSR count). The summed E-state index contributed by atoms with van der Waals surface area (Å²) in [6.45, 7) is 5.15. The fourth-order valence-corrected chi connectivity index (χ4v) is 2.75. The zero-order valence-corrected chi connectivity index (χ0v) is 17.8. The van der Waals surface area contributed by atoms with Gasteiger partial charge in [-0.1, -0.05) is 17.7 Å². The van der Waals surface area contributed by atoms with Crippen LogP contribution in [-0.4, -0.2) is 34.8 Å². The average Bonchev–Trinajstić information content (AvgIpc) is 2.66. The van der Waals surface area contributed by atoms with E-state index in [1.54, 1.807) is 18.2 Å². The molecular weight excluding hydrogens is 411 g/mol. The fourth-order valence-electron chi connectivity index (χ4n) is 2.58. The van der Waals surface area contributed by atoms with E-state index in [0.717, 1.165) is 6.07 Å². The molecule has 0 saturated heterocycles. The third-order valence-corrected chi connectivity index (χ3v) is 4.12. The Kier molecular flexibility index (Phi) is 7.88. The first-order chi connectivity index (χ1) is 14.0. The first-order valence-electron chi connectivity index (χ1n) is 9.32. The van der Waals surface area contributed by atoms with Crippen LogP contribution < -0.4 is 15.5 Å². The number of pyridine rings is 1. The van der Waals surface area contributed by atoms with E-state index in [0.29, 0.717) is 5.82 Å². The van der Waals surface area contributed by atoms with Crippen LogP contribution in [0.5, 0.6) is 0 Å². The van der Waals surface area contributed by atoms with Gasteiger partial charge < -0.3 is 15.5 Å². The van der Waals surface area contributed by atoms with Crippen LogP contribution in [-0.2, 0) is 14.4 Å². The normalized spacial score (nSPS) is 11.0. The number of nitrogens with zero attached hydrogens (tertiary/aromatic N) is 2. The van der Waals surface area contributed by atoms with E-state index >= 15 is 0 Å². The molecule has 2 aromatic rings. The molecule has 2 N–H and O–H groups in total. The summed E-state index contributed by atoms with van der Waals surface area (Å²) in [5, 5.41) is 5.19. The van der Waals surface area contributed by atoms with Crippen LogP contribution in [0.4, 0.5) is 15.9 Å². The van der Waals surface area contributed by atoms with Crippen LogP contribution in [0, 0.1) is 5.82 Å². The zero-order valence-electron chi connectivity index (χ0n) is 17.0. The lowest BCUT2D eigenvalue weighted by Gasteiger charge is -2.26. The van der Waals surface area contributed by atoms with Gasteiger partial charge in [0, 0.05) is 30.3 Å². The van der Waals surface area contributed by atoms with Gasteiger partial charge in [0.1, 0.15) is 18.2 Å². The number of hydrogen-bond acceptors (Lipinski definition) is 4. The van der Waals surface area contributed by atoms with E-state index in [-0.39, 0.29) is 30.1 Å². The SMILES string of the molecule is CC(C)(C)NC(=O)CN(C(=O)CCC(=O)Nc1ccccn1)c1ccc(F)c(Cl)c1. The Morgan fingerprint density at radius 1 is 1.10 bits per heavy atom. The Balaban J connectivity index is 2.10. The monoisotopic (exact) mass is 434 g/mol. The van der Waals surface area contributed by atoms with Gasteiger partial charge in [0.25, 0.3) is 0 Å². The second-order valence-electron chi connectivity index (χ2n) is 7.64. The van der Waals surface area contributed by atoms with Crippen molar-refractivity contribution in [2.75, 3.05) is 16.8 Å². The molecule has 1 aromatic carbocycles. The highest BCUT2D eigenvalue weighted by molar-refractivity contribution is 6.31. The standard InChI is InChI=1S/C21H24ClFN4O3/c1-21(2,3)26-19(29)13-27(14-7-8-16(23)15(22)12-14)20(30)10-9-18(28)25-17-6-4-5-11-24-17/h4-8,11-12H,9-10,13H2,1-3H3,(H,26,29)(H,24,25,28). The van der Waals surface area contributed by atoms with E-state index < -0.39 is 29.1 Å². The Bertz CT molecular complexity index is 916. The number of aromatic nitrogens is 1. The van der Waals surface area contributed by atoms with Gasteiger partial charge in [0.2, 0.25) is 17.7 Å². The highest BCUT2D eigenvalue weighted by Gasteiger charge is 2.23. The van der Waals surface area contributed by atoms with Crippen molar-refractivity contribution in [1.29, 1.82) is 0 Å². The molecule has 0 spiro atoms. The topological polar surface area (TPSA) is 91.4 Å². The third kappa shape index (κ3) is 7.44. The summed E-state index contributed by atoms with van der Waals surface area (Å²) in [6.07, 6.45) is 1.27. The predicted octanol–water partition coefficient (Wildman–Crippen LogP) is 3.54. The molecule has 7 nitrogen and oxygen atoms in total. The van der Waals surface area contributed by atoms with Crippen molar-refractivity contribution in [1.82, 2.24) is 10.3 Å². The summed E-state index contributed by atoms with van der Waals surface area (Å²) in [6, 6.07) is 8.82. The minimum Gasteiger partial charge on any atom is -0.350 e. The molecule has 0 unspecified atom stereocenters. The lowest BCUT2D eigenvalue weighted by molar-refractivity contribution is -0.125. The van der Waals surface area contributed by atoms with Crippen LogP contribution in [0.25, 0.3) is 0 Å². The average molecular weight is 435 g/mol. The molecule has 30 heavy (non-hydrogen) atoms. The highest BCUT2D eigenvalue weighted by Crippen LogP contribution is 2.23. The number of nitrogens with one attached hydrogen (secondary N) is 2. The first kappa shape index (κ1) is 23.3. The van der Waals surface area contributed by atoms with Crippen LogP contribution in [0.2, 0.25) is 5.02 Å². The van der Waals surface area contributed by atoms with Crippen LogP contribution in [0.3, 0.4) is 0 Å². The molecule has 0 fully saturated rings. The number of carbonyl (C=O) groups excluding carboxylic acids is 3. The number of rotatable bonds is 7. The maximum absolute atomic E-state index is 13.5. The van der Waals surface area contributed by atoms with E-state index in [1.165, 1.54) is 23.2 Å². The zero-order chi connectivity index (χ0) is 22.3. The second kappa shape index (κ2) is 10.2. The van der Waals surface area contributed by atoms with Gasteiger partial charge >= 0.3 is 0 Å². The number of benzene rings is 1. The lowest BCUT2D eigenvalue weighted by Crippen LogP contribution is -2.47. The molecule has 0 aliphatic heterocycles. The largest absolute Gasteiger partial charge is 0.350 e. The number of carbonyl (C=O) groups is 3. The molecule has 1 heterocycles. The molecule has 1 aromatic heterocycles. The van der Waals surface area contributed by atoms with E-state index in [9.17, 15) is 18.8 Å². The molecular formula is C21H24ClFN4O3. The predicted molar refractivity (Wildman–Crippen MR) is 114 cm³/mol. The summed E-state index contributed by atoms with van der Waals surface area (Å²) in [4.78, 5) is 42.5. The molecule has 0 atom stereocenters. The second-order valence-corrected chi connectivity index (χ2v) is 8.05. The van der Waals surface area contributed by atoms with E-state index in [4.69, 9.17) is 11.6 Å². The molecule has 3 amide bonds. The summed E-state index contributed by atoms with van der Waals surface area (Å²) < 4.78 is 13.5. The van der Waals surface area contributed by atoms with Gasteiger partial charge in [0.15, 0.2) is 0 Å². The van der Waals surface area contributed by atoms with Crippen molar-refractivity contribution in [2.45, 2.75) is 39.2 Å². The van der Waals surface area contributed by atoms with Crippen LogP contribution >= 0.6 is 11.6 Å². The van der Waals surface area contributed by atoms with Crippen molar-refractivity contribution >= 4 is 40.8 Å². The van der Waals surface area contributed by atoms with Crippen molar-refractivity contribution in [3.63, 3.8) is 0 Å². The molecule has 0 bridgehead atoms. The van der Waals surface area contributed by atoms with Gasteiger partial charge in [-0.3, -0.25) is 14.4 Å². The number of hydrogen-bond donors (Lipinski definition) is 2. The van der Waals surface area contributed by atoms with Crippen LogP contribution in [0.15, 0.2) is 42.6 Å². The minimum absolute atomic E-state index is 0.109. The van der Waals surface area contributed by atoms with Gasteiger partial charge in [-0.25, -0.2) is 9.37 Å². The summed E-state index contributed by atoms with van der Waals surface area (Å²) >= 11 is 5.84. The van der Waals surface area contributed by atoms with Crippen molar-refractivity contribution in [2.24, 2.45) is 0 Å². The van der Waals surface area contributed by atoms with Crippen molar-refractivity contribution in [3.8, 4) is 0 Å².